The summed E-state index contributed by atoms with van der Waals surface area (Å²) >= 11 is 0. The number of carbonyl (C=O) groups is 1. The van der Waals surface area contributed by atoms with Gasteiger partial charge in [0.1, 0.15) is 0 Å². The minimum absolute atomic E-state index is 0.0295. The smallest absolute Gasteiger partial charge is 0.405 e. The fourth-order valence-electron chi connectivity index (χ4n) is 4.57. The van der Waals surface area contributed by atoms with E-state index in [0.29, 0.717) is 20.1 Å². The van der Waals surface area contributed by atoms with Gasteiger partial charge in [0, 0.05) is 5.56 Å². The number of hydrogen-bond acceptors (Lipinski definition) is 6. The number of rotatable bonds is 8. The predicted molar refractivity (Wildman–Crippen MR) is 160 cm³/mol. The van der Waals surface area contributed by atoms with Crippen molar-refractivity contribution in [1.29, 1.82) is 0 Å². The summed E-state index contributed by atoms with van der Waals surface area (Å²) in [4.78, 5) is 15.5. The number of alkyl halides is 2. The minimum atomic E-state index is -5.76. The van der Waals surface area contributed by atoms with Crippen LogP contribution in [0, 0.1) is 0 Å². The zero-order chi connectivity index (χ0) is 31.6. The first-order valence-corrected chi connectivity index (χ1v) is 16.6. The molecular weight excluding hydrogens is 598 g/mol. The topological polar surface area (TPSA) is 99.1 Å². The van der Waals surface area contributed by atoms with Crippen molar-refractivity contribution in [3.8, 4) is 0 Å². The van der Waals surface area contributed by atoms with Gasteiger partial charge in [0.05, 0.1) is 29.7 Å². The third-order valence-corrected chi connectivity index (χ3v) is 10.5. The zero-order valence-electron chi connectivity index (χ0n) is 24.8. The summed E-state index contributed by atoms with van der Waals surface area (Å²) < 4.78 is 75.4. The summed E-state index contributed by atoms with van der Waals surface area (Å²) in [6.45, 7) is 10.3. The third-order valence-electron chi connectivity index (χ3n) is 7.29. The van der Waals surface area contributed by atoms with E-state index < -0.39 is 44.1 Å². The number of carbonyl (C=O) groups excluding carboxylic acids is 1. The van der Waals surface area contributed by atoms with Gasteiger partial charge in [0.2, 0.25) is 0 Å². The number of halogens is 2. The van der Waals surface area contributed by atoms with Crippen molar-refractivity contribution in [1.82, 2.24) is 0 Å². The monoisotopic (exact) mass is 635 g/mol. The van der Waals surface area contributed by atoms with Crippen LogP contribution in [-0.4, -0.2) is 43.5 Å². The second-order valence-corrected chi connectivity index (χ2v) is 15.1. The lowest BCUT2D eigenvalue weighted by molar-refractivity contribution is -0.221. The Morgan fingerprint density at radius 2 is 1.33 bits per heavy atom. The van der Waals surface area contributed by atoms with E-state index in [-0.39, 0.29) is 11.0 Å². The van der Waals surface area contributed by atoms with Gasteiger partial charge in [-0.3, -0.25) is 4.55 Å². The van der Waals surface area contributed by atoms with Crippen molar-refractivity contribution in [3.05, 3.63) is 89.5 Å². The van der Waals surface area contributed by atoms with Gasteiger partial charge in [-0.25, -0.2) is 4.79 Å². The van der Waals surface area contributed by atoms with Crippen LogP contribution in [0.2, 0.25) is 0 Å². The van der Waals surface area contributed by atoms with Crippen LogP contribution in [-0.2, 0) is 46.4 Å². The van der Waals surface area contributed by atoms with Crippen molar-refractivity contribution in [2.75, 3.05) is 13.2 Å². The van der Waals surface area contributed by atoms with Gasteiger partial charge in [-0.2, -0.15) is 17.2 Å². The normalized spacial score (nSPS) is 17.5. The van der Waals surface area contributed by atoms with E-state index in [0.717, 1.165) is 33.1 Å². The SMILES string of the molecule is CC(OC(=O)c1ccc([S+](c2ccc(C(C)(C)C)cc2)c2ccc(C3(C)OCCCCO3)cc2)cc1)C(F)(F)S(=O)(=O)O. The zero-order valence-corrected chi connectivity index (χ0v) is 26.4. The van der Waals surface area contributed by atoms with E-state index in [4.69, 9.17) is 14.0 Å². The van der Waals surface area contributed by atoms with Crippen LogP contribution in [0.3, 0.4) is 0 Å². The lowest BCUT2D eigenvalue weighted by Crippen LogP contribution is -2.42. The molecule has 1 aliphatic rings. The van der Waals surface area contributed by atoms with Gasteiger partial charge < -0.3 is 14.2 Å². The highest BCUT2D eigenvalue weighted by atomic mass is 32.2. The highest BCUT2D eigenvalue weighted by Crippen LogP contribution is 2.36. The molecule has 1 aliphatic heterocycles. The van der Waals surface area contributed by atoms with Gasteiger partial charge in [0.15, 0.2) is 26.6 Å². The Morgan fingerprint density at radius 3 is 1.77 bits per heavy atom. The Bertz CT molecular complexity index is 1510. The molecule has 3 aromatic rings. The highest BCUT2D eigenvalue weighted by Gasteiger charge is 2.52. The molecule has 7 nitrogen and oxygen atoms in total. The number of ether oxygens (including phenoxy) is 3. The molecule has 0 radical (unpaired) electrons. The molecule has 3 aromatic carbocycles. The van der Waals surface area contributed by atoms with Crippen LogP contribution in [0.4, 0.5) is 8.78 Å². The lowest BCUT2D eigenvalue weighted by atomic mass is 9.87. The largest absolute Gasteiger partial charge is 0.451 e. The highest BCUT2D eigenvalue weighted by molar-refractivity contribution is 7.97. The van der Waals surface area contributed by atoms with Crippen LogP contribution >= 0.6 is 0 Å². The molecule has 0 aromatic heterocycles. The molecule has 232 valence electrons. The Kier molecular flexibility index (Phi) is 9.73. The van der Waals surface area contributed by atoms with Crippen molar-refractivity contribution < 1.29 is 40.8 Å². The molecule has 0 bridgehead atoms. The fourth-order valence-corrected chi connectivity index (χ4v) is 7.08. The van der Waals surface area contributed by atoms with Crippen LogP contribution in [0.5, 0.6) is 0 Å². The lowest BCUT2D eigenvalue weighted by Gasteiger charge is -2.28. The van der Waals surface area contributed by atoms with Gasteiger partial charge in [0.25, 0.3) is 0 Å². The van der Waals surface area contributed by atoms with Crippen LogP contribution in [0.15, 0.2) is 87.5 Å². The molecule has 1 saturated heterocycles. The first kappa shape index (κ1) is 33.1. The molecule has 0 spiro atoms. The average molecular weight is 636 g/mol. The first-order valence-electron chi connectivity index (χ1n) is 13.9. The number of hydrogen-bond donors (Lipinski definition) is 1. The molecule has 1 fully saturated rings. The Hall–Kier alpha value is -2.83. The summed E-state index contributed by atoms with van der Waals surface area (Å²) in [5.41, 5.74) is 2.01. The fraction of sp³-hybridized carbons (Fsp3) is 0.406. The predicted octanol–water partition coefficient (Wildman–Crippen LogP) is 7.11. The average Bonchev–Trinajstić information content (AvgIpc) is 3.18. The quantitative estimate of drug-likeness (QED) is 0.160. The van der Waals surface area contributed by atoms with Gasteiger partial charge in [-0.05, 0) is 98.3 Å². The molecule has 1 heterocycles. The Balaban J connectivity index is 1.66. The molecule has 0 aliphatic carbocycles. The Labute approximate surface area is 254 Å². The van der Waals surface area contributed by atoms with Gasteiger partial charge in [-0.1, -0.05) is 32.9 Å². The maximum atomic E-state index is 13.9. The maximum absolute atomic E-state index is 13.9. The summed E-state index contributed by atoms with van der Waals surface area (Å²) in [6.07, 6.45) is -0.521. The van der Waals surface area contributed by atoms with Gasteiger partial charge in [-0.15, -0.1) is 0 Å². The van der Waals surface area contributed by atoms with E-state index in [2.05, 4.69) is 49.8 Å². The van der Waals surface area contributed by atoms with E-state index in [9.17, 15) is 22.0 Å². The van der Waals surface area contributed by atoms with E-state index in [1.165, 1.54) is 17.7 Å². The molecule has 0 amide bonds. The third kappa shape index (κ3) is 7.46. The molecular formula is C32H37F2O7S2+. The van der Waals surface area contributed by atoms with Crippen LogP contribution in [0.1, 0.15) is 68.9 Å². The Morgan fingerprint density at radius 1 is 0.884 bits per heavy atom. The number of benzene rings is 3. The van der Waals surface area contributed by atoms with Crippen molar-refractivity contribution in [3.63, 3.8) is 0 Å². The standard InChI is InChI=1S/C32H36F2O7S2/c1-22(32(33,34)43(36,37)38)41-29(35)23-8-14-26(15-9-23)42(27-16-10-24(11-17-27)30(2,3)4)28-18-12-25(13-19-28)31(5)39-20-6-7-21-40-31/h8-19,22H,6-7,20-21H2,1-5H3/p+1. The summed E-state index contributed by atoms with van der Waals surface area (Å²) in [7, 11) is -6.37. The van der Waals surface area contributed by atoms with Crippen molar-refractivity contribution in [2.24, 2.45) is 0 Å². The summed E-state index contributed by atoms with van der Waals surface area (Å²) in [5.74, 6) is -1.98. The van der Waals surface area contributed by atoms with E-state index in [1.54, 1.807) is 12.1 Å². The molecule has 43 heavy (non-hydrogen) atoms. The van der Waals surface area contributed by atoms with E-state index in [1.807, 2.05) is 31.2 Å². The maximum Gasteiger partial charge on any atom is 0.405 e. The molecule has 2 unspecified atom stereocenters. The summed E-state index contributed by atoms with van der Waals surface area (Å²) in [6, 6.07) is 22.7. The van der Waals surface area contributed by atoms with Crippen molar-refractivity contribution in [2.45, 2.75) is 84.7 Å². The molecule has 1 N–H and O–H groups in total. The molecule has 11 heteroatoms. The van der Waals surface area contributed by atoms with Crippen molar-refractivity contribution >= 4 is 27.0 Å². The molecule has 4 rings (SSSR count). The van der Waals surface area contributed by atoms with E-state index >= 15 is 0 Å². The van der Waals surface area contributed by atoms with Gasteiger partial charge >= 0.3 is 21.3 Å². The molecule has 0 saturated carbocycles. The second-order valence-electron chi connectivity index (χ2n) is 11.6. The second kappa shape index (κ2) is 12.6. The van der Waals surface area contributed by atoms with Crippen LogP contribution < -0.4 is 0 Å². The molecule has 2 atom stereocenters. The first-order chi connectivity index (χ1) is 20.0. The van der Waals surface area contributed by atoms with Crippen LogP contribution in [0.25, 0.3) is 0 Å². The minimum Gasteiger partial charge on any atom is -0.451 e. The number of esters is 1. The summed E-state index contributed by atoms with van der Waals surface area (Å²) in [5, 5.41) is -4.65.